The van der Waals surface area contributed by atoms with Crippen molar-refractivity contribution in [2.24, 2.45) is 0 Å². The first-order valence-electron chi connectivity index (χ1n) is 4.59. The van der Waals surface area contributed by atoms with Crippen LogP contribution in [0.1, 0.15) is 13.3 Å². The van der Waals surface area contributed by atoms with Crippen molar-refractivity contribution in [2.75, 3.05) is 21.2 Å². The minimum atomic E-state index is -0.804. The number of methoxy groups -OCH3 is 1. The van der Waals surface area contributed by atoms with Gasteiger partial charge in [0.05, 0.1) is 6.10 Å². The highest BCUT2D eigenvalue weighted by Gasteiger charge is 2.37. The van der Waals surface area contributed by atoms with E-state index in [9.17, 15) is 5.11 Å². The summed E-state index contributed by atoms with van der Waals surface area (Å²) in [6.45, 7) is 1.96. The summed E-state index contributed by atoms with van der Waals surface area (Å²) in [5.74, 6) is 0. The van der Waals surface area contributed by atoms with Gasteiger partial charge in [-0.3, -0.25) is 0 Å². The molecule has 0 bridgehead atoms. The number of rotatable bonds is 2. The summed E-state index contributed by atoms with van der Waals surface area (Å²) in [6.07, 6.45) is -0.0658. The van der Waals surface area contributed by atoms with E-state index < -0.39 is 6.29 Å². The van der Waals surface area contributed by atoms with Crippen LogP contribution in [0.2, 0.25) is 0 Å². The average Bonchev–Trinajstić information content (AvgIpc) is 2.02. The molecule has 4 atom stereocenters. The van der Waals surface area contributed by atoms with Crippen molar-refractivity contribution >= 4 is 0 Å². The van der Waals surface area contributed by atoms with Gasteiger partial charge in [-0.1, -0.05) is 0 Å². The van der Waals surface area contributed by atoms with E-state index in [1.54, 1.807) is 7.11 Å². The number of likely N-dealkylation sites (N-methyl/N-ethyl adjacent to an activating group) is 1. The van der Waals surface area contributed by atoms with E-state index in [1.165, 1.54) is 0 Å². The quantitative estimate of drug-likeness (QED) is 0.667. The van der Waals surface area contributed by atoms with Gasteiger partial charge in [0.1, 0.15) is 6.10 Å². The Kier molecular flexibility index (Phi) is 3.67. The Labute approximate surface area is 79.4 Å². The summed E-state index contributed by atoms with van der Waals surface area (Å²) in [5.41, 5.74) is 0. The van der Waals surface area contributed by atoms with E-state index in [-0.39, 0.29) is 18.2 Å². The topological polar surface area (TPSA) is 41.9 Å². The molecule has 4 nitrogen and oxygen atoms in total. The Bertz CT molecular complexity index is 163. The van der Waals surface area contributed by atoms with Gasteiger partial charge in [-0.2, -0.15) is 0 Å². The highest BCUT2D eigenvalue weighted by Crippen LogP contribution is 2.23. The van der Waals surface area contributed by atoms with Crippen molar-refractivity contribution in [3.63, 3.8) is 0 Å². The second-order valence-corrected chi connectivity index (χ2v) is 3.80. The molecule has 78 valence electrons. The molecule has 0 saturated carbocycles. The molecule has 1 saturated heterocycles. The lowest BCUT2D eigenvalue weighted by Crippen LogP contribution is -2.54. The van der Waals surface area contributed by atoms with Crippen molar-refractivity contribution in [1.82, 2.24) is 4.90 Å². The van der Waals surface area contributed by atoms with E-state index in [4.69, 9.17) is 9.47 Å². The predicted octanol–water partition coefficient (Wildman–Crippen LogP) is 0.0588. The fourth-order valence-corrected chi connectivity index (χ4v) is 1.81. The number of ether oxygens (including phenoxy) is 2. The van der Waals surface area contributed by atoms with Crippen LogP contribution in [0, 0.1) is 0 Å². The smallest absolute Gasteiger partial charge is 0.182 e. The molecule has 1 fully saturated rings. The lowest BCUT2D eigenvalue weighted by Gasteiger charge is -2.40. The van der Waals surface area contributed by atoms with E-state index in [1.807, 2.05) is 21.0 Å². The van der Waals surface area contributed by atoms with Gasteiger partial charge in [0.25, 0.3) is 0 Å². The molecule has 0 aromatic rings. The summed E-state index contributed by atoms with van der Waals surface area (Å²) in [4.78, 5) is 2.07. The van der Waals surface area contributed by atoms with Crippen LogP contribution in [0.5, 0.6) is 0 Å². The second-order valence-electron chi connectivity index (χ2n) is 3.80. The van der Waals surface area contributed by atoms with Gasteiger partial charge in [-0.05, 0) is 27.4 Å². The predicted molar refractivity (Wildman–Crippen MR) is 49.4 cm³/mol. The maximum absolute atomic E-state index is 9.58. The molecule has 0 aromatic heterocycles. The van der Waals surface area contributed by atoms with E-state index in [0.29, 0.717) is 0 Å². The third-order valence-electron chi connectivity index (χ3n) is 2.54. The van der Waals surface area contributed by atoms with Crippen molar-refractivity contribution < 1.29 is 14.6 Å². The zero-order chi connectivity index (χ0) is 10.0. The number of aliphatic hydroxyl groups excluding tert-OH is 1. The number of aliphatic hydroxyl groups is 1. The third-order valence-corrected chi connectivity index (χ3v) is 2.54. The van der Waals surface area contributed by atoms with Crippen LogP contribution in [0.25, 0.3) is 0 Å². The molecule has 2 unspecified atom stereocenters. The molecule has 0 spiro atoms. The Morgan fingerprint density at radius 1 is 1.46 bits per heavy atom. The van der Waals surface area contributed by atoms with Gasteiger partial charge in [0, 0.05) is 13.2 Å². The molecular formula is C9H19NO3. The van der Waals surface area contributed by atoms with Crippen LogP contribution >= 0.6 is 0 Å². The molecule has 1 aliphatic heterocycles. The Balaban J connectivity index is 2.66. The molecule has 0 aliphatic carbocycles. The van der Waals surface area contributed by atoms with Crippen molar-refractivity contribution in [2.45, 2.75) is 37.9 Å². The normalized spacial score (nSPS) is 41.1. The first-order valence-corrected chi connectivity index (χ1v) is 4.59. The Morgan fingerprint density at radius 3 is 2.54 bits per heavy atom. The first kappa shape index (κ1) is 10.9. The molecule has 1 N–H and O–H groups in total. The highest BCUT2D eigenvalue weighted by atomic mass is 16.6. The van der Waals surface area contributed by atoms with Crippen molar-refractivity contribution in [1.29, 1.82) is 0 Å². The van der Waals surface area contributed by atoms with E-state index >= 15 is 0 Å². The van der Waals surface area contributed by atoms with E-state index in [0.717, 1.165) is 6.42 Å². The molecular weight excluding hydrogens is 170 g/mol. The lowest BCUT2D eigenvalue weighted by molar-refractivity contribution is -0.237. The van der Waals surface area contributed by atoms with Crippen LogP contribution in [0.3, 0.4) is 0 Å². The van der Waals surface area contributed by atoms with Crippen molar-refractivity contribution in [3.8, 4) is 0 Å². The Morgan fingerprint density at radius 2 is 2.08 bits per heavy atom. The molecule has 13 heavy (non-hydrogen) atoms. The zero-order valence-electron chi connectivity index (χ0n) is 8.73. The molecule has 1 rings (SSSR count). The standard InChI is InChI=1S/C9H19NO3/c1-6-5-7(10(2)3)8(12-4)9(11)13-6/h6-9,11H,5H2,1-4H3/t6-,7?,8-,9?/m1/s1. The second kappa shape index (κ2) is 4.37. The summed E-state index contributed by atoms with van der Waals surface area (Å²) in [7, 11) is 5.58. The SMILES string of the molecule is CO[C@H]1C(O)O[C@H](C)CC1N(C)C. The largest absolute Gasteiger partial charge is 0.375 e. The third kappa shape index (κ3) is 2.40. The van der Waals surface area contributed by atoms with Gasteiger partial charge < -0.3 is 19.5 Å². The maximum Gasteiger partial charge on any atom is 0.182 e. The highest BCUT2D eigenvalue weighted by molar-refractivity contribution is 4.85. The van der Waals surface area contributed by atoms with Crippen LogP contribution in [-0.2, 0) is 9.47 Å². The van der Waals surface area contributed by atoms with Gasteiger partial charge >= 0.3 is 0 Å². The zero-order valence-corrected chi connectivity index (χ0v) is 8.73. The Hall–Kier alpha value is -0.160. The first-order chi connectivity index (χ1) is 6.06. The fraction of sp³-hybridized carbons (Fsp3) is 1.00. The minimum Gasteiger partial charge on any atom is -0.375 e. The summed E-state index contributed by atoms with van der Waals surface area (Å²) in [5, 5.41) is 9.58. The van der Waals surface area contributed by atoms with Crippen LogP contribution in [0.15, 0.2) is 0 Å². The fourth-order valence-electron chi connectivity index (χ4n) is 1.81. The molecule has 0 aromatic carbocycles. The monoisotopic (exact) mass is 189 g/mol. The molecule has 0 amide bonds. The van der Waals surface area contributed by atoms with Gasteiger partial charge in [0.15, 0.2) is 6.29 Å². The molecule has 4 heteroatoms. The van der Waals surface area contributed by atoms with Gasteiger partial charge in [-0.25, -0.2) is 0 Å². The van der Waals surface area contributed by atoms with Crippen LogP contribution in [0.4, 0.5) is 0 Å². The number of nitrogens with zero attached hydrogens (tertiary/aromatic N) is 1. The minimum absolute atomic E-state index is 0.0915. The van der Waals surface area contributed by atoms with E-state index in [2.05, 4.69) is 4.90 Å². The van der Waals surface area contributed by atoms with Gasteiger partial charge in [-0.15, -0.1) is 0 Å². The van der Waals surface area contributed by atoms with Crippen molar-refractivity contribution in [3.05, 3.63) is 0 Å². The molecule has 1 aliphatic rings. The summed E-state index contributed by atoms with van der Waals surface area (Å²) >= 11 is 0. The summed E-state index contributed by atoms with van der Waals surface area (Å²) < 4.78 is 10.5. The maximum atomic E-state index is 9.58. The average molecular weight is 189 g/mol. The van der Waals surface area contributed by atoms with Gasteiger partial charge in [0.2, 0.25) is 0 Å². The molecule has 1 heterocycles. The lowest BCUT2D eigenvalue weighted by atomic mass is 9.99. The molecule has 0 radical (unpaired) electrons. The number of hydrogen-bond acceptors (Lipinski definition) is 4. The number of hydrogen-bond donors (Lipinski definition) is 1. The summed E-state index contributed by atoms with van der Waals surface area (Å²) in [6, 6.07) is 0.226. The van der Waals surface area contributed by atoms with Crippen LogP contribution in [-0.4, -0.2) is 55.8 Å². The van der Waals surface area contributed by atoms with Crippen LogP contribution < -0.4 is 0 Å².